The van der Waals surface area contributed by atoms with Crippen LogP contribution in [0.25, 0.3) is 0 Å². The third kappa shape index (κ3) is 3.55. The minimum absolute atomic E-state index is 0.202. The highest BCUT2D eigenvalue weighted by Crippen LogP contribution is 1.97. The fraction of sp³-hybridized carbons (Fsp3) is 0.833. The van der Waals surface area contributed by atoms with Gasteiger partial charge in [0.25, 0.3) is 0 Å². The van der Waals surface area contributed by atoms with Crippen molar-refractivity contribution in [2.75, 3.05) is 7.11 Å². The monoisotopic (exact) mass is 147 g/mol. The molecule has 0 amide bonds. The number of hydroxylamine groups is 1. The topological polar surface area (TPSA) is 47.6 Å². The molecule has 0 aromatic carbocycles. The van der Waals surface area contributed by atoms with E-state index in [4.69, 9.17) is 0 Å². The van der Waals surface area contributed by atoms with Crippen LogP contribution in [0.3, 0.4) is 0 Å². The SMILES string of the molecule is COON[C@H](C=O)C(C)C. The highest BCUT2D eigenvalue weighted by Gasteiger charge is 2.10. The second kappa shape index (κ2) is 5.34. The van der Waals surface area contributed by atoms with Gasteiger partial charge in [0.1, 0.15) is 6.29 Å². The number of rotatable bonds is 5. The predicted molar refractivity (Wildman–Crippen MR) is 35.9 cm³/mol. The molecule has 0 saturated heterocycles. The Morgan fingerprint density at radius 1 is 1.50 bits per heavy atom. The van der Waals surface area contributed by atoms with Gasteiger partial charge in [0.05, 0.1) is 13.2 Å². The summed E-state index contributed by atoms with van der Waals surface area (Å²) in [7, 11) is 1.37. The third-order valence-corrected chi connectivity index (χ3v) is 1.13. The molecule has 0 heterocycles. The zero-order valence-electron chi connectivity index (χ0n) is 6.46. The zero-order chi connectivity index (χ0) is 7.98. The predicted octanol–water partition coefficient (Wildman–Crippen LogP) is 0.292. The summed E-state index contributed by atoms with van der Waals surface area (Å²) in [6.45, 7) is 3.82. The van der Waals surface area contributed by atoms with Crippen molar-refractivity contribution in [1.82, 2.24) is 5.48 Å². The number of nitrogens with one attached hydrogen (secondary N) is 1. The lowest BCUT2D eigenvalue weighted by Gasteiger charge is -2.13. The first-order chi connectivity index (χ1) is 4.72. The number of hydrogen-bond acceptors (Lipinski definition) is 4. The summed E-state index contributed by atoms with van der Waals surface area (Å²) >= 11 is 0. The van der Waals surface area contributed by atoms with Crippen molar-refractivity contribution in [2.24, 2.45) is 5.92 Å². The van der Waals surface area contributed by atoms with E-state index < -0.39 is 0 Å². The van der Waals surface area contributed by atoms with Crippen LogP contribution in [0.15, 0.2) is 0 Å². The lowest BCUT2D eigenvalue weighted by atomic mass is 10.1. The number of aldehydes is 1. The van der Waals surface area contributed by atoms with Crippen LogP contribution in [0.4, 0.5) is 0 Å². The highest BCUT2D eigenvalue weighted by molar-refractivity contribution is 5.57. The van der Waals surface area contributed by atoms with Gasteiger partial charge in [0, 0.05) is 0 Å². The van der Waals surface area contributed by atoms with Gasteiger partial charge in [0.2, 0.25) is 0 Å². The van der Waals surface area contributed by atoms with E-state index in [-0.39, 0.29) is 12.0 Å². The summed E-state index contributed by atoms with van der Waals surface area (Å²) in [6.07, 6.45) is 0.781. The van der Waals surface area contributed by atoms with E-state index in [2.05, 4.69) is 15.4 Å². The lowest BCUT2D eigenvalue weighted by molar-refractivity contribution is -0.323. The summed E-state index contributed by atoms with van der Waals surface area (Å²) in [4.78, 5) is 18.9. The first-order valence-corrected chi connectivity index (χ1v) is 3.12. The van der Waals surface area contributed by atoms with E-state index in [9.17, 15) is 4.79 Å². The van der Waals surface area contributed by atoms with Gasteiger partial charge < -0.3 is 4.79 Å². The minimum Gasteiger partial charge on any atom is -0.302 e. The van der Waals surface area contributed by atoms with Crippen LogP contribution in [-0.2, 0) is 14.7 Å². The molecule has 1 N–H and O–H groups in total. The third-order valence-electron chi connectivity index (χ3n) is 1.13. The zero-order valence-corrected chi connectivity index (χ0v) is 6.46. The first kappa shape index (κ1) is 9.55. The van der Waals surface area contributed by atoms with Crippen molar-refractivity contribution >= 4 is 6.29 Å². The molecule has 0 radical (unpaired) electrons. The highest BCUT2D eigenvalue weighted by atomic mass is 17.3. The Balaban J connectivity index is 3.50. The molecule has 0 aromatic rings. The standard InChI is InChI=1S/C6H13NO3/c1-5(2)6(4-8)7-10-9-3/h4-7H,1-3H3/t6-/m1/s1. The molecular weight excluding hydrogens is 134 g/mol. The molecule has 0 aliphatic carbocycles. The van der Waals surface area contributed by atoms with Crippen molar-refractivity contribution in [3.63, 3.8) is 0 Å². The maximum Gasteiger partial charge on any atom is 0.139 e. The Labute approximate surface area is 60.4 Å². The molecule has 4 nitrogen and oxygen atoms in total. The second-order valence-corrected chi connectivity index (χ2v) is 2.27. The van der Waals surface area contributed by atoms with Crippen LogP contribution in [0, 0.1) is 5.92 Å². The van der Waals surface area contributed by atoms with Gasteiger partial charge in [-0.1, -0.05) is 13.8 Å². The number of carbonyl (C=O) groups is 1. The molecule has 0 aliphatic heterocycles. The van der Waals surface area contributed by atoms with Crippen LogP contribution in [-0.4, -0.2) is 19.4 Å². The largest absolute Gasteiger partial charge is 0.302 e. The Kier molecular flexibility index (Phi) is 5.10. The fourth-order valence-electron chi connectivity index (χ4n) is 0.425. The molecule has 60 valence electrons. The van der Waals surface area contributed by atoms with Gasteiger partial charge >= 0.3 is 0 Å². The van der Waals surface area contributed by atoms with Gasteiger partial charge in [-0.05, 0) is 5.92 Å². The summed E-state index contributed by atoms with van der Waals surface area (Å²) in [5, 5.41) is 0. The van der Waals surface area contributed by atoms with Crippen LogP contribution < -0.4 is 5.48 Å². The van der Waals surface area contributed by atoms with Gasteiger partial charge in [-0.15, -0.1) is 4.99 Å². The summed E-state index contributed by atoms with van der Waals surface area (Å²) in [5.41, 5.74) is 2.43. The smallest absolute Gasteiger partial charge is 0.139 e. The molecule has 0 rings (SSSR count). The Morgan fingerprint density at radius 3 is 2.40 bits per heavy atom. The van der Waals surface area contributed by atoms with E-state index >= 15 is 0 Å². The van der Waals surface area contributed by atoms with Crippen molar-refractivity contribution in [2.45, 2.75) is 19.9 Å². The van der Waals surface area contributed by atoms with Gasteiger partial charge in [-0.2, -0.15) is 5.48 Å². The summed E-state index contributed by atoms with van der Waals surface area (Å²) in [5.74, 6) is 0.202. The van der Waals surface area contributed by atoms with Gasteiger partial charge in [0.15, 0.2) is 0 Å². The summed E-state index contributed by atoms with van der Waals surface area (Å²) < 4.78 is 0. The van der Waals surface area contributed by atoms with E-state index in [0.717, 1.165) is 6.29 Å². The van der Waals surface area contributed by atoms with E-state index in [1.54, 1.807) is 0 Å². The Bertz CT molecular complexity index is 95.0. The number of hydrogen-bond donors (Lipinski definition) is 1. The normalized spacial score (nSPS) is 13.6. The van der Waals surface area contributed by atoms with Crippen LogP contribution >= 0.6 is 0 Å². The number of carbonyl (C=O) groups excluding carboxylic acids is 1. The van der Waals surface area contributed by atoms with Crippen molar-refractivity contribution < 1.29 is 14.7 Å². The molecule has 0 aromatic heterocycles. The molecule has 10 heavy (non-hydrogen) atoms. The van der Waals surface area contributed by atoms with E-state index in [1.807, 2.05) is 13.8 Å². The average molecular weight is 147 g/mol. The van der Waals surface area contributed by atoms with Crippen LogP contribution in [0.5, 0.6) is 0 Å². The van der Waals surface area contributed by atoms with Crippen molar-refractivity contribution in [1.29, 1.82) is 0 Å². The van der Waals surface area contributed by atoms with Crippen LogP contribution in [0.2, 0.25) is 0 Å². The fourth-order valence-corrected chi connectivity index (χ4v) is 0.425. The molecular formula is C6H13NO3. The Hall–Kier alpha value is -0.450. The maximum atomic E-state index is 10.3. The Morgan fingerprint density at radius 2 is 2.10 bits per heavy atom. The second-order valence-electron chi connectivity index (χ2n) is 2.27. The van der Waals surface area contributed by atoms with E-state index in [0.29, 0.717) is 0 Å². The van der Waals surface area contributed by atoms with Crippen molar-refractivity contribution in [3.05, 3.63) is 0 Å². The average Bonchev–Trinajstić information content (AvgIpc) is 1.89. The molecule has 0 fully saturated rings. The van der Waals surface area contributed by atoms with Gasteiger partial charge in [-0.3, -0.25) is 0 Å². The van der Waals surface area contributed by atoms with Crippen LogP contribution in [0.1, 0.15) is 13.8 Å². The summed E-state index contributed by atoms with van der Waals surface area (Å²) in [6, 6.07) is -0.306. The van der Waals surface area contributed by atoms with E-state index in [1.165, 1.54) is 7.11 Å². The molecule has 0 saturated carbocycles. The lowest BCUT2D eigenvalue weighted by Crippen LogP contribution is -2.34. The maximum absolute atomic E-state index is 10.3. The quantitative estimate of drug-likeness (QED) is 0.345. The van der Waals surface area contributed by atoms with Gasteiger partial charge in [-0.25, -0.2) is 4.89 Å². The minimum atomic E-state index is -0.306. The molecule has 0 bridgehead atoms. The molecule has 1 atom stereocenters. The van der Waals surface area contributed by atoms with Crippen molar-refractivity contribution in [3.8, 4) is 0 Å². The first-order valence-electron chi connectivity index (χ1n) is 3.12. The molecule has 0 spiro atoms. The molecule has 4 heteroatoms. The molecule has 0 aliphatic rings. The molecule has 0 unspecified atom stereocenters.